The third-order valence-electron chi connectivity index (χ3n) is 4.20. The van der Waals surface area contributed by atoms with Crippen LogP contribution >= 0.6 is 0 Å². The van der Waals surface area contributed by atoms with Gasteiger partial charge in [0, 0.05) is 36.8 Å². The second-order valence-corrected chi connectivity index (χ2v) is 5.48. The topological polar surface area (TPSA) is 42.1 Å². The Morgan fingerprint density at radius 3 is 2.33 bits per heavy atom. The number of aromatic nitrogens is 1. The number of nitrogens with two attached hydrogens (primary N) is 1. The first-order chi connectivity index (χ1) is 10.4. The van der Waals surface area contributed by atoms with E-state index >= 15 is 0 Å². The summed E-state index contributed by atoms with van der Waals surface area (Å²) in [6.07, 6.45) is 1.92. The Hall–Kier alpha value is -2.39. The summed E-state index contributed by atoms with van der Waals surface area (Å²) in [5, 5.41) is 1.19. The molecule has 0 radical (unpaired) electrons. The van der Waals surface area contributed by atoms with Crippen LogP contribution in [-0.2, 0) is 19.6 Å². The summed E-state index contributed by atoms with van der Waals surface area (Å²) in [7, 11) is 0. The van der Waals surface area contributed by atoms with Crippen molar-refractivity contribution in [3.05, 3.63) is 71.4 Å². The number of fused-ring (bicyclic) bond motifs is 2. The van der Waals surface area contributed by atoms with Gasteiger partial charge in [-0.15, -0.1) is 0 Å². The molecule has 2 N–H and O–H groups in total. The molecule has 0 aliphatic carbocycles. The van der Waals surface area contributed by atoms with Crippen molar-refractivity contribution in [3.8, 4) is 0 Å². The maximum absolute atomic E-state index is 5.95. The highest BCUT2D eigenvalue weighted by Gasteiger charge is 2.22. The minimum atomic E-state index is 0.514. The van der Waals surface area contributed by atoms with Gasteiger partial charge in [-0.05, 0) is 17.2 Å². The maximum Gasteiger partial charge on any atom is 0.0723 e. The molecule has 0 atom stereocenters. The number of rotatable bonds is 2. The largest absolute Gasteiger partial charge is 0.362 e. The van der Waals surface area contributed by atoms with Gasteiger partial charge in [-0.25, -0.2) is 0 Å². The molecule has 0 saturated heterocycles. The highest BCUT2D eigenvalue weighted by Crippen LogP contribution is 2.35. The number of benzene rings is 2. The normalized spacial score (nSPS) is 13.7. The van der Waals surface area contributed by atoms with E-state index in [1.165, 1.54) is 22.2 Å². The van der Waals surface area contributed by atoms with E-state index in [9.17, 15) is 0 Å². The summed E-state index contributed by atoms with van der Waals surface area (Å²) < 4.78 is 0. The Morgan fingerprint density at radius 1 is 0.952 bits per heavy atom. The highest BCUT2D eigenvalue weighted by molar-refractivity contribution is 5.93. The number of hydrogen-bond acceptors (Lipinski definition) is 3. The lowest BCUT2D eigenvalue weighted by Gasteiger charge is -2.23. The van der Waals surface area contributed by atoms with E-state index in [1.807, 2.05) is 12.3 Å². The molecule has 0 amide bonds. The van der Waals surface area contributed by atoms with E-state index in [1.54, 1.807) is 0 Å². The molecule has 4 rings (SSSR count). The second-order valence-electron chi connectivity index (χ2n) is 5.48. The summed E-state index contributed by atoms with van der Waals surface area (Å²) in [5.74, 6) is 0. The lowest BCUT2D eigenvalue weighted by molar-refractivity contribution is 0.868. The van der Waals surface area contributed by atoms with E-state index in [4.69, 9.17) is 5.73 Å². The molecule has 1 aliphatic rings. The van der Waals surface area contributed by atoms with Crippen molar-refractivity contribution >= 4 is 16.6 Å². The van der Waals surface area contributed by atoms with Crippen LogP contribution in [0.15, 0.2) is 54.7 Å². The number of nitrogens with zero attached hydrogens (tertiary/aromatic N) is 2. The van der Waals surface area contributed by atoms with Crippen LogP contribution in [0.3, 0.4) is 0 Å². The molecule has 0 bridgehead atoms. The molecule has 1 aliphatic heterocycles. The molecule has 2 heterocycles. The molecule has 104 valence electrons. The van der Waals surface area contributed by atoms with Crippen LogP contribution in [0, 0.1) is 0 Å². The smallest absolute Gasteiger partial charge is 0.0723 e. The fraction of sp³-hybridized carbons (Fsp3) is 0.167. The lowest BCUT2D eigenvalue weighted by Crippen LogP contribution is -2.18. The molecule has 0 fully saturated rings. The van der Waals surface area contributed by atoms with Gasteiger partial charge in [0.15, 0.2) is 0 Å². The fourth-order valence-corrected chi connectivity index (χ4v) is 3.18. The van der Waals surface area contributed by atoms with Crippen molar-refractivity contribution in [1.82, 2.24) is 4.98 Å². The minimum Gasteiger partial charge on any atom is -0.362 e. The molecule has 3 heteroatoms. The second kappa shape index (κ2) is 4.86. The van der Waals surface area contributed by atoms with Gasteiger partial charge in [-0.1, -0.05) is 42.5 Å². The van der Waals surface area contributed by atoms with E-state index in [0.29, 0.717) is 6.54 Å². The third kappa shape index (κ3) is 1.98. The number of pyridine rings is 1. The van der Waals surface area contributed by atoms with Gasteiger partial charge in [0.25, 0.3) is 0 Å². The molecule has 0 spiro atoms. The number of hydrogen-bond donors (Lipinski definition) is 1. The summed E-state index contributed by atoms with van der Waals surface area (Å²) >= 11 is 0. The summed E-state index contributed by atoms with van der Waals surface area (Å²) in [5.41, 5.74) is 12.1. The SMILES string of the molecule is NCc1cnc2ccccc2c1N1Cc2ccccc2C1. The Labute approximate surface area is 124 Å². The van der Waals surface area contributed by atoms with Crippen LogP contribution in [0.1, 0.15) is 16.7 Å². The zero-order valence-corrected chi connectivity index (χ0v) is 11.8. The zero-order valence-electron chi connectivity index (χ0n) is 11.8. The van der Waals surface area contributed by atoms with E-state index in [-0.39, 0.29) is 0 Å². The van der Waals surface area contributed by atoms with Gasteiger partial charge in [0.05, 0.1) is 11.2 Å². The standard InChI is InChI=1S/C18H17N3/c19-9-15-10-20-17-8-4-3-7-16(17)18(15)21-11-13-5-1-2-6-14(13)12-21/h1-8,10H,9,11-12,19H2. The van der Waals surface area contributed by atoms with Crippen LogP contribution in [0.2, 0.25) is 0 Å². The molecular formula is C18H17N3. The van der Waals surface area contributed by atoms with Crippen LogP contribution in [0.25, 0.3) is 10.9 Å². The molecule has 0 unspecified atom stereocenters. The van der Waals surface area contributed by atoms with Gasteiger partial charge in [-0.2, -0.15) is 0 Å². The monoisotopic (exact) mass is 275 g/mol. The Bertz CT molecular complexity index is 785. The van der Waals surface area contributed by atoms with Gasteiger partial charge < -0.3 is 10.6 Å². The summed E-state index contributed by atoms with van der Waals surface area (Å²) in [6, 6.07) is 16.9. The predicted octanol–water partition coefficient (Wildman–Crippen LogP) is 3.21. The molecule has 1 aromatic heterocycles. The number of para-hydroxylation sites is 1. The summed E-state index contributed by atoms with van der Waals surface area (Å²) in [6.45, 7) is 2.40. The first kappa shape index (κ1) is 12.4. The van der Waals surface area contributed by atoms with Crippen LogP contribution in [-0.4, -0.2) is 4.98 Å². The van der Waals surface area contributed by atoms with Crippen molar-refractivity contribution in [2.24, 2.45) is 5.73 Å². The van der Waals surface area contributed by atoms with Crippen LogP contribution < -0.4 is 10.6 Å². The van der Waals surface area contributed by atoms with Gasteiger partial charge in [-0.3, -0.25) is 4.98 Å². The quantitative estimate of drug-likeness (QED) is 0.781. The van der Waals surface area contributed by atoms with E-state index in [2.05, 4.69) is 52.3 Å². The van der Waals surface area contributed by atoms with E-state index < -0.39 is 0 Å². The minimum absolute atomic E-state index is 0.514. The predicted molar refractivity (Wildman–Crippen MR) is 86.0 cm³/mol. The molecular weight excluding hydrogens is 258 g/mol. The molecule has 0 saturated carbocycles. The van der Waals surface area contributed by atoms with Gasteiger partial charge in [0.1, 0.15) is 0 Å². The summed E-state index contributed by atoms with van der Waals surface area (Å²) in [4.78, 5) is 6.94. The highest BCUT2D eigenvalue weighted by atomic mass is 15.2. The fourth-order valence-electron chi connectivity index (χ4n) is 3.18. The lowest BCUT2D eigenvalue weighted by atomic mass is 10.1. The van der Waals surface area contributed by atoms with Gasteiger partial charge in [0.2, 0.25) is 0 Å². The maximum atomic E-state index is 5.95. The molecule has 3 aromatic rings. The Kier molecular flexibility index (Phi) is 2.86. The van der Waals surface area contributed by atoms with Crippen LogP contribution in [0.4, 0.5) is 5.69 Å². The zero-order chi connectivity index (χ0) is 14.2. The average molecular weight is 275 g/mol. The third-order valence-corrected chi connectivity index (χ3v) is 4.20. The van der Waals surface area contributed by atoms with Crippen LogP contribution in [0.5, 0.6) is 0 Å². The van der Waals surface area contributed by atoms with Gasteiger partial charge >= 0.3 is 0 Å². The van der Waals surface area contributed by atoms with Crippen molar-refractivity contribution in [2.75, 3.05) is 4.90 Å². The molecule has 2 aromatic carbocycles. The van der Waals surface area contributed by atoms with Crippen molar-refractivity contribution < 1.29 is 0 Å². The van der Waals surface area contributed by atoms with Crippen molar-refractivity contribution in [2.45, 2.75) is 19.6 Å². The first-order valence-electron chi connectivity index (χ1n) is 7.25. The van der Waals surface area contributed by atoms with E-state index in [0.717, 1.165) is 24.2 Å². The average Bonchev–Trinajstić information content (AvgIpc) is 2.97. The molecule has 21 heavy (non-hydrogen) atoms. The first-order valence-corrected chi connectivity index (χ1v) is 7.25. The Morgan fingerprint density at radius 2 is 1.62 bits per heavy atom. The molecule has 3 nitrogen and oxygen atoms in total. The Balaban J connectivity index is 1.87. The number of anilines is 1. The van der Waals surface area contributed by atoms with Crippen molar-refractivity contribution in [1.29, 1.82) is 0 Å². The van der Waals surface area contributed by atoms with Crippen molar-refractivity contribution in [3.63, 3.8) is 0 Å².